The van der Waals surface area contributed by atoms with Gasteiger partial charge in [-0.3, -0.25) is 9.59 Å². The van der Waals surface area contributed by atoms with Gasteiger partial charge >= 0.3 is 0 Å². The largest absolute Gasteiger partial charge is 0.378 e. The van der Waals surface area contributed by atoms with Crippen molar-refractivity contribution in [2.75, 3.05) is 31.6 Å². The molecule has 2 fully saturated rings. The van der Waals surface area contributed by atoms with Gasteiger partial charge in [0.25, 0.3) is 5.91 Å². The summed E-state index contributed by atoms with van der Waals surface area (Å²) in [6.45, 7) is 2.33. The molecule has 3 N–H and O–H groups in total. The number of amides is 2. The summed E-state index contributed by atoms with van der Waals surface area (Å²) >= 11 is 0. The molecule has 23 heavy (non-hydrogen) atoms. The van der Waals surface area contributed by atoms with Gasteiger partial charge in [0.2, 0.25) is 5.91 Å². The standard InChI is InChI=1S/C17H23N3O3/c18-17(6-1-2-7-17)16(22)19-14-5-3-4-13(12-14)15(21)20-8-10-23-11-9-20/h3-5,12H,1-2,6-11,18H2,(H,19,22). The van der Waals surface area contributed by atoms with Crippen molar-refractivity contribution in [1.29, 1.82) is 0 Å². The van der Waals surface area contributed by atoms with Crippen LogP contribution < -0.4 is 11.1 Å². The predicted octanol–water partition coefficient (Wildman–Crippen LogP) is 1.37. The number of nitrogens with one attached hydrogen (secondary N) is 1. The number of anilines is 1. The van der Waals surface area contributed by atoms with E-state index in [4.69, 9.17) is 10.5 Å². The molecule has 0 atom stereocenters. The highest BCUT2D eigenvalue weighted by atomic mass is 16.5. The second-order valence-electron chi connectivity index (χ2n) is 6.30. The smallest absolute Gasteiger partial charge is 0.254 e. The van der Waals surface area contributed by atoms with Crippen LogP contribution in [-0.2, 0) is 9.53 Å². The summed E-state index contributed by atoms with van der Waals surface area (Å²) < 4.78 is 5.27. The maximum Gasteiger partial charge on any atom is 0.254 e. The third-order valence-electron chi connectivity index (χ3n) is 4.61. The Morgan fingerprint density at radius 2 is 1.87 bits per heavy atom. The van der Waals surface area contributed by atoms with E-state index in [-0.39, 0.29) is 11.8 Å². The zero-order chi connectivity index (χ0) is 16.3. The molecule has 6 nitrogen and oxygen atoms in total. The summed E-state index contributed by atoms with van der Waals surface area (Å²) in [7, 11) is 0. The van der Waals surface area contributed by atoms with Crippen molar-refractivity contribution in [3.05, 3.63) is 29.8 Å². The van der Waals surface area contributed by atoms with Gasteiger partial charge in [-0.05, 0) is 31.0 Å². The molecule has 1 heterocycles. The minimum absolute atomic E-state index is 0.0345. The lowest BCUT2D eigenvalue weighted by Gasteiger charge is -2.27. The number of carbonyl (C=O) groups is 2. The molecule has 1 aromatic carbocycles. The van der Waals surface area contributed by atoms with E-state index in [1.165, 1.54) is 0 Å². The van der Waals surface area contributed by atoms with Crippen LogP contribution in [0, 0.1) is 0 Å². The predicted molar refractivity (Wildman–Crippen MR) is 87.2 cm³/mol. The number of rotatable bonds is 3. The van der Waals surface area contributed by atoms with Gasteiger partial charge < -0.3 is 20.7 Å². The molecule has 3 rings (SSSR count). The quantitative estimate of drug-likeness (QED) is 0.882. The van der Waals surface area contributed by atoms with Gasteiger partial charge in [-0.1, -0.05) is 18.9 Å². The first kappa shape index (κ1) is 16.0. The van der Waals surface area contributed by atoms with Crippen molar-refractivity contribution in [1.82, 2.24) is 4.90 Å². The summed E-state index contributed by atoms with van der Waals surface area (Å²) in [5.41, 5.74) is 6.58. The SMILES string of the molecule is NC1(C(=O)Nc2cccc(C(=O)N3CCOCC3)c2)CCCC1. The Labute approximate surface area is 136 Å². The minimum atomic E-state index is -0.774. The van der Waals surface area contributed by atoms with Crippen molar-refractivity contribution in [2.45, 2.75) is 31.2 Å². The summed E-state index contributed by atoms with van der Waals surface area (Å²) in [5, 5.41) is 2.86. The lowest BCUT2D eigenvalue weighted by molar-refractivity contribution is -0.121. The van der Waals surface area contributed by atoms with E-state index in [1.54, 1.807) is 29.2 Å². The van der Waals surface area contributed by atoms with Crippen LogP contribution in [0.2, 0.25) is 0 Å². The van der Waals surface area contributed by atoms with Crippen LogP contribution in [0.5, 0.6) is 0 Å². The average Bonchev–Trinajstić information content (AvgIpc) is 3.03. The molecule has 1 aliphatic carbocycles. The molecule has 0 spiro atoms. The molecular formula is C17H23N3O3. The van der Waals surface area contributed by atoms with Gasteiger partial charge in [-0.25, -0.2) is 0 Å². The molecule has 2 aliphatic rings. The third-order valence-corrected chi connectivity index (χ3v) is 4.61. The van der Waals surface area contributed by atoms with E-state index >= 15 is 0 Å². The van der Waals surface area contributed by atoms with Crippen LogP contribution >= 0.6 is 0 Å². The molecule has 0 aromatic heterocycles. The van der Waals surface area contributed by atoms with Crippen molar-refractivity contribution in [2.24, 2.45) is 5.73 Å². The third kappa shape index (κ3) is 3.54. The Bertz CT molecular complexity index is 591. The number of hydrogen-bond donors (Lipinski definition) is 2. The summed E-state index contributed by atoms with van der Waals surface area (Å²) in [4.78, 5) is 26.6. The molecule has 6 heteroatoms. The number of nitrogens with zero attached hydrogens (tertiary/aromatic N) is 1. The van der Waals surface area contributed by atoms with Crippen LogP contribution in [0.3, 0.4) is 0 Å². The summed E-state index contributed by atoms with van der Waals surface area (Å²) in [6.07, 6.45) is 3.40. The van der Waals surface area contributed by atoms with Crippen LogP contribution in [0.15, 0.2) is 24.3 Å². The van der Waals surface area contributed by atoms with E-state index in [0.29, 0.717) is 50.4 Å². The zero-order valence-electron chi connectivity index (χ0n) is 13.2. The highest BCUT2D eigenvalue weighted by Gasteiger charge is 2.37. The normalized spacial score (nSPS) is 20.3. The lowest BCUT2D eigenvalue weighted by atomic mass is 9.98. The van der Waals surface area contributed by atoms with Gasteiger partial charge in [0.05, 0.1) is 18.8 Å². The maximum atomic E-state index is 12.5. The van der Waals surface area contributed by atoms with E-state index in [1.807, 2.05) is 0 Å². The first-order chi connectivity index (χ1) is 11.1. The van der Waals surface area contributed by atoms with Gasteiger partial charge in [0.1, 0.15) is 0 Å². The number of benzene rings is 1. The fourth-order valence-electron chi connectivity index (χ4n) is 3.17. The number of hydrogen-bond acceptors (Lipinski definition) is 4. The number of nitrogens with two attached hydrogens (primary N) is 1. The Hall–Kier alpha value is -1.92. The lowest BCUT2D eigenvalue weighted by Crippen LogP contribution is -2.48. The van der Waals surface area contributed by atoms with Crippen LogP contribution in [0.25, 0.3) is 0 Å². The van der Waals surface area contributed by atoms with Crippen LogP contribution in [-0.4, -0.2) is 48.6 Å². The van der Waals surface area contributed by atoms with Crippen LogP contribution in [0.1, 0.15) is 36.0 Å². The minimum Gasteiger partial charge on any atom is -0.378 e. The van der Waals surface area contributed by atoms with Crippen molar-refractivity contribution >= 4 is 17.5 Å². The molecule has 1 aromatic rings. The summed E-state index contributed by atoms with van der Waals surface area (Å²) in [6, 6.07) is 7.04. The van der Waals surface area contributed by atoms with Gasteiger partial charge in [-0.2, -0.15) is 0 Å². The monoisotopic (exact) mass is 317 g/mol. The molecule has 0 unspecified atom stereocenters. The number of morpholine rings is 1. The fourth-order valence-corrected chi connectivity index (χ4v) is 3.17. The molecule has 1 saturated heterocycles. The highest BCUT2D eigenvalue weighted by Crippen LogP contribution is 2.28. The first-order valence-electron chi connectivity index (χ1n) is 8.16. The second kappa shape index (κ2) is 6.68. The topological polar surface area (TPSA) is 84.7 Å². The molecular weight excluding hydrogens is 294 g/mol. The Balaban J connectivity index is 1.69. The van der Waals surface area contributed by atoms with Crippen molar-refractivity contribution in [3.63, 3.8) is 0 Å². The van der Waals surface area contributed by atoms with E-state index in [9.17, 15) is 9.59 Å². The van der Waals surface area contributed by atoms with Gasteiger partial charge in [-0.15, -0.1) is 0 Å². The second-order valence-corrected chi connectivity index (χ2v) is 6.30. The number of carbonyl (C=O) groups excluding carboxylic acids is 2. The molecule has 124 valence electrons. The van der Waals surface area contributed by atoms with Crippen LogP contribution in [0.4, 0.5) is 5.69 Å². The maximum absolute atomic E-state index is 12.5. The Kier molecular flexibility index (Phi) is 4.63. The van der Waals surface area contributed by atoms with Gasteiger partial charge in [0, 0.05) is 24.3 Å². The average molecular weight is 317 g/mol. The zero-order valence-corrected chi connectivity index (χ0v) is 13.2. The molecule has 1 aliphatic heterocycles. The molecule has 0 radical (unpaired) electrons. The highest BCUT2D eigenvalue weighted by molar-refractivity contribution is 6.00. The number of ether oxygens (including phenoxy) is 1. The van der Waals surface area contributed by atoms with Crippen molar-refractivity contribution < 1.29 is 14.3 Å². The van der Waals surface area contributed by atoms with Gasteiger partial charge in [0.15, 0.2) is 0 Å². The summed E-state index contributed by atoms with van der Waals surface area (Å²) in [5.74, 6) is -0.196. The molecule has 0 bridgehead atoms. The fraction of sp³-hybridized carbons (Fsp3) is 0.529. The van der Waals surface area contributed by atoms with Crippen molar-refractivity contribution in [3.8, 4) is 0 Å². The van der Waals surface area contributed by atoms with E-state index in [0.717, 1.165) is 12.8 Å². The Morgan fingerprint density at radius 3 is 2.57 bits per heavy atom. The Morgan fingerprint density at radius 1 is 1.17 bits per heavy atom. The van der Waals surface area contributed by atoms with E-state index < -0.39 is 5.54 Å². The molecule has 2 amide bonds. The first-order valence-corrected chi connectivity index (χ1v) is 8.16. The molecule has 1 saturated carbocycles. The van der Waals surface area contributed by atoms with E-state index in [2.05, 4.69) is 5.32 Å².